The average Bonchev–Trinajstić information content (AvgIpc) is 3.39. The van der Waals surface area contributed by atoms with Crippen LogP contribution in [0.2, 0.25) is 0 Å². The maximum atomic E-state index is 14.4. The lowest BCUT2D eigenvalue weighted by molar-refractivity contribution is -0.339. The zero-order chi connectivity index (χ0) is 28.6. The molecule has 0 N–H and O–H groups in total. The molecule has 0 bridgehead atoms. The van der Waals surface area contributed by atoms with E-state index in [0.29, 0.717) is 32.7 Å². The second kappa shape index (κ2) is 14.2. The van der Waals surface area contributed by atoms with Gasteiger partial charge in [0.15, 0.2) is 0 Å². The maximum Gasteiger partial charge on any atom is 0.314 e. The molecule has 6 nitrogen and oxygen atoms in total. The Balaban J connectivity index is 2.06. The van der Waals surface area contributed by atoms with E-state index < -0.39 is 10.8 Å². The number of carbonyl (C=O) groups excluding carboxylic acids is 2. The molecule has 0 aromatic carbocycles. The summed E-state index contributed by atoms with van der Waals surface area (Å²) in [5.74, 6) is -0.175. The van der Waals surface area contributed by atoms with E-state index in [1.807, 2.05) is 0 Å². The highest BCUT2D eigenvalue weighted by molar-refractivity contribution is 5.93. The van der Waals surface area contributed by atoms with E-state index in [9.17, 15) is 9.59 Å². The van der Waals surface area contributed by atoms with E-state index in [4.69, 9.17) is 19.2 Å². The molecule has 2 heterocycles. The monoisotopic (exact) mass is 550 g/mol. The van der Waals surface area contributed by atoms with Crippen molar-refractivity contribution < 1.29 is 28.8 Å². The van der Waals surface area contributed by atoms with Crippen LogP contribution in [0.15, 0.2) is 0 Å². The Bertz CT molecular complexity index is 799. The van der Waals surface area contributed by atoms with Gasteiger partial charge in [-0.2, -0.15) is 0 Å². The van der Waals surface area contributed by atoms with Crippen LogP contribution in [-0.4, -0.2) is 37.9 Å². The fourth-order valence-electron chi connectivity index (χ4n) is 8.82. The summed E-state index contributed by atoms with van der Waals surface area (Å²) in [6.07, 6.45) is 15.0. The van der Waals surface area contributed by atoms with Crippen molar-refractivity contribution in [1.29, 1.82) is 0 Å². The summed E-state index contributed by atoms with van der Waals surface area (Å²) in [5.41, 5.74) is -2.48. The van der Waals surface area contributed by atoms with Crippen molar-refractivity contribution in [3.8, 4) is 0 Å². The van der Waals surface area contributed by atoms with E-state index in [-0.39, 0.29) is 34.8 Å². The summed E-state index contributed by atoms with van der Waals surface area (Å²) >= 11 is 0. The molecule has 1 aliphatic carbocycles. The van der Waals surface area contributed by atoms with E-state index in [1.165, 1.54) is 12.8 Å². The Hall–Kier alpha value is -1.14. The van der Waals surface area contributed by atoms with Crippen LogP contribution in [-0.2, 0) is 28.8 Å². The Kier molecular flexibility index (Phi) is 11.8. The molecule has 1 saturated carbocycles. The third-order valence-electron chi connectivity index (χ3n) is 11.2. The molecule has 0 amide bonds. The van der Waals surface area contributed by atoms with Gasteiger partial charge in [-0.1, -0.05) is 86.5 Å². The molecule has 0 aromatic heterocycles. The molecule has 3 rings (SSSR count). The van der Waals surface area contributed by atoms with Gasteiger partial charge in [0.2, 0.25) is 0 Å². The third kappa shape index (κ3) is 5.43. The first-order chi connectivity index (χ1) is 18.8. The van der Waals surface area contributed by atoms with Gasteiger partial charge < -0.3 is 9.47 Å². The van der Waals surface area contributed by atoms with Crippen molar-refractivity contribution in [1.82, 2.24) is 0 Å². The van der Waals surface area contributed by atoms with Gasteiger partial charge in [-0.05, 0) is 63.7 Å². The van der Waals surface area contributed by atoms with Crippen LogP contribution in [0.4, 0.5) is 0 Å². The van der Waals surface area contributed by atoms with Crippen molar-refractivity contribution in [3.05, 3.63) is 0 Å². The quantitative estimate of drug-likeness (QED) is 0.0784. The third-order valence-corrected chi connectivity index (χ3v) is 11.2. The van der Waals surface area contributed by atoms with Crippen molar-refractivity contribution in [2.75, 3.05) is 19.8 Å². The Labute approximate surface area is 238 Å². The normalized spacial score (nSPS) is 35.1. The molecule has 6 atom stereocenters. The summed E-state index contributed by atoms with van der Waals surface area (Å²) in [5, 5.41) is 0. The zero-order valence-corrected chi connectivity index (χ0v) is 26.0. The summed E-state index contributed by atoms with van der Waals surface area (Å²) in [7, 11) is 0. The minimum Gasteiger partial charge on any atom is -0.465 e. The van der Waals surface area contributed by atoms with Gasteiger partial charge in [0, 0.05) is 10.8 Å². The van der Waals surface area contributed by atoms with Crippen molar-refractivity contribution in [3.63, 3.8) is 0 Å². The molecule has 2 aliphatic heterocycles. The molecular weight excluding hydrogens is 492 g/mol. The Morgan fingerprint density at radius 1 is 0.769 bits per heavy atom. The number of cyclic esters (lactones) is 2. The summed E-state index contributed by atoms with van der Waals surface area (Å²) in [6.45, 7) is 14.6. The first-order valence-electron chi connectivity index (χ1n) is 16.5. The molecule has 3 fully saturated rings. The maximum absolute atomic E-state index is 14.4. The SMILES string of the molecule is CCCCCCOOC(CC)C1CCC2(C(=O)OCC2(CC)CCCC)C2(C1)C(=O)OCC2(CC)CCCC. The number of hydrogen-bond donors (Lipinski definition) is 0. The van der Waals surface area contributed by atoms with Crippen LogP contribution in [0.3, 0.4) is 0 Å². The largest absolute Gasteiger partial charge is 0.465 e. The highest BCUT2D eigenvalue weighted by Crippen LogP contribution is 2.75. The first kappa shape index (κ1) is 32.4. The topological polar surface area (TPSA) is 71.1 Å². The smallest absolute Gasteiger partial charge is 0.314 e. The summed E-state index contributed by atoms with van der Waals surface area (Å²) in [6, 6.07) is 0. The standard InChI is InChI=1S/C33H58O6/c1-7-13-16-17-22-38-39-27(10-4)26-18-21-32(28(34)36-24-30(32,11-5)19-14-8-2)33(23-26)29(35)37-25-31(33,12-6)20-15-9-3/h26-27H,7-25H2,1-6H3. The lowest BCUT2D eigenvalue weighted by Crippen LogP contribution is -2.66. The molecule has 0 aromatic rings. The van der Waals surface area contributed by atoms with E-state index in [2.05, 4.69) is 41.5 Å². The molecule has 6 unspecified atom stereocenters. The lowest BCUT2D eigenvalue weighted by atomic mass is 9.37. The number of carbonyl (C=O) groups is 2. The highest BCUT2D eigenvalue weighted by atomic mass is 17.2. The fraction of sp³-hybridized carbons (Fsp3) is 0.939. The van der Waals surface area contributed by atoms with Gasteiger partial charge >= 0.3 is 11.9 Å². The Morgan fingerprint density at radius 2 is 1.33 bits per heavy atom. The molecule has 6 heteroatoms. The minimum absolute atomic E-state index is 0.108. The van der Waals surface area contributed by atoms with Gasteiger partial charge in [-0.3, -0.25) is 9.59 Å². The van der Waals surface area contributed by atoms with Gasteiger partial charge in [0.1, 0.15) is 0 Å². The predicted molar refractivity (Wildman–Crippen MR) is 154 cm³/mol. The lowest BCUT2D eigenvalue weighted by Gasteiger charge is -2.60. The summed E-state index contributed by atoms with van der Waals surface area (Å²) < 4.78 is 12.2. The van der Waals surface area contributed by atoms with E-state index in [1.54, 1.807) is 0 Å². The van der Waals surface area contributed by atoms with Crippen molar-refractivity contribution >= 4 is 11.9 Å². The van der Waals surface area contributed by atoms with E-state index in [0.717, 1.165) is 77.0 Å². The molecule has 2 spiro atoms. The number of ether oxygens (including phenoxy) is 2. The first-order valence-corrected chi connectivity index (χ1v) is 16.5. The van der Waals surface area contributed by atoms with E-state index >= 15 is 0 Å². The average molecular weight is 551 g/mol. The van der Waals surface area contributed by atoms with Crippen LogP contribution in [0.25, 0.3) is 0 Å². The summed E-state index contributed by atoms with van der Waals surface area (Å²) in [4.78, 5) is 40.5. The number of rotatable bonds is 17. The molecule has 2 saturated heterocycles. The molecule has 3 aliphatic rings. The van der Waals surface area contributed by atoms with Crippen LogP contribution < -0.4 is 0 Å². The number of hydrogen-bond acceptors (Lipinski definition) is 6. The Morgan fingerprint density at radius 3 is 1.87 bits per heavy atom. The number of fused-ring (bicyclic) bond motifs is 1. The van der Waals surface area contributed by atoms with Crippen molar-refractivity contribution in [2.24, 2.45) is 27.6 Å². The van der Waals surface area contributed by atoms with Gasteiger partial charge in [-0.15, -0.1) is 0 Å². The molecular formula is C33H58O6. The number of esters is 2. The van der Waals surface area contributed by atoms with Gasteiger partial charge in [0.25, 0.3) is 0 Å². The van der Waals surface area contributed by atoms with Crippen LogP contribution in [0.1, 0.15) is 144 Å². The molecule has 39 heavy (non-hydrogen) atoms. The van der Waals surface area contributed by atoms with Crippen LogP contribution in [0.5, 0.6) is 0 Å². The second-order valence-electron chi connectivity index (χ2n) is 12.9. The second-order valence-corrected chi connectivity index (χ2v) is 12.9. The van der Waals surface area contributed by atoms with Crippen LogP contribution >= 0.6 is 0 Å². The van der Waals surface area contributed by atoms with Gasteiger partial charge in [-0.25, -0.2) is 9.78 Å². The fourth-order valence-corrected chi connectivity index (χ4v) is 8.82. The molecule has 226 valence electrons. The van der Waals surface area contributed by atoms with Gasteiger partial charge in [0.05, 0.1) is 36.8 Å². The minimum atomic E-state index is -0.901. The van der Waals surface area contributed by atoms with Crippen molar-refractivity contribution in [2.45, 2.75) is 150 Å². The molecule has 0 radical (unpaired) electrons. The number of unbranched alkanes of at least 4 members (excludes halogenated alkanes) is 5. The zero-order valence-electron chi connectivity index (χ0n) is 26.0. The highest BCUT2D eigenvalue weighted by Gasteiger charge is 2.81. The van der Waals surface area contributed by atoms with Crippen LogP contribution in [0, 0.1) is 27.6 Å². The predicted octanol–water partition coefficient (Wildman–Crippen LogP) is 8.35.